The molecule has 0 radical (unpaired) electrons. The maximum Gasteiger partial charge on any atom is 0.244 e. The fourth-order valence-electron chi connectivity index (χ4n) is 1.19. The molecular formula is C10H18N4O4S2. The standard InChI is InChI=1S/C10H18N4O4S2/c1-10(2,19(3,15)16)7-13-20(17,18)9-6-12-5-4-8(9)14-11/h4-6,13H,7,11H2,1-3H3,(H,12,14). The minimum atomic E-state index is -3.92. The van der Waals surface area contributed by atoms with Crippen LogP contribution in [0.1, 0.15) is 13.8 Å². The van der Waals surface area contributed by atoms with Crippen LogP contribution in [0.15, 0.2) is 23.4 Å². The minimum Gasteiger partial charge on any atom is -0.323 e. The number of anilines is 1. The topological polar surface area (TPSA) is 131 Å². The summed E-state index contributed by atoms with van der Waals surface area (Å²) in [5.41, 5.74) is 2.42. The summed E-state index contributed by atoms with van der Waals surface area (Å²) in [6, 6.07) is 1.40. The maximum atomic E-state index is 12.1. The van der Waals surface area contributed by atoms with Crippen molar-refractivity contribution >= 4 is 25.5 Å². The third kappa shape index (κ3) is 3.66. The second kappa shape index (κ2) is 5.64. The molecule has 0 aliphatic rings. The van der Waals surface area contributed by atoms with E-state index in [9.17, 15) is 16.8 Å². The lowest BCUT2D eigenvalue weighted by Crippen LogP contribution is -2.43. The van der Waals surface area contributed by atoms with Crippen molar-refractivity contribution in [3.8, 4) is 0 Å². The van der Waals surface area contributed by atoms with Gasteiger partial charge in [0.1, 0.15) is 4.90 Å². The molecule has 10 heteroatoms. The molecule has 0 unspecified atom stereocenters. The van der Waals surface area contributed by atoms with Gasteiger partial charge in [-0.2, -0.15) is 0 Å². The van der Waals surface area contributed by atoms with E-state index in [1.807, 2.05) is 0 Å². The van der Waals surface area contributed by atoms with E-state index in [-0.39, 0.29) is 17.1 Å². The summed E-state index contributed by atoms with van der Waals surface area (Å²) < 4.78 is 48.4. The molecule has 8 nitrogen and oxygen atoms in total. The number of nitrogens with zero attached hydrogens (tertiary/aromatic N) is 1. The van der Waals surface area contributed by atoms with Gasteiger partial charge in [0, 0.05) is 25.2 Å². The molecule has 20 heavy (non-hydrogen) atoms. The molecule has 0 atom stereocenters. The van der Waals surface area contributed by atoms with Gasteiger partial charge in [0.25, 0.3) is 0 Å². The zero-order valence-electron chi connectivity index (χ0n) is 11.4. The fourth-order valence-corrected chi connectivity index (χ4v) is 2.94. The Morgan fingerprint density at radius 1 is 1.30 bits per heavy atom. The van der Waals surface area contributed by atoms with Crippen LogP contribution in [0.5, 0.6) is 0 Å². The van der Waals surface area contributed by atoms with E-state index in [0.29, 0.717) is 0 Å². The number of nitrogen functional groups attached to an aromatic ring is 1. The maximum absolute atomic E-state index is 12.1. The lowest BCUT2D eigenvalue weighted by molar-refractivity contribution is 0.537. The first kappa shape index (κ1) is 16.8. The molecule has 1 heterocycles. The van der Waals surface area contributed by atoms with E-state index in [1.54, 1.807) is 0 Å². The van der Waals surface area contributed by atoms with Crippen molar-refractivity contribution in [2.75, 3.05) is 18.2 Å². The fraction of sp³-hybridized carbons (Fsp3) is 0.500. The Bertz CT molecular complexity index is 683. The summed E-state index contributed by atoms with van der Waals surface area (Å²) in [5, 5.41) is 0. The average molecular weight is 322 g/mol. The van der Waals surface area contributed by atoms with Gasteiger partial charge in [-0.25, -0.2) is 21.6 Å². The number of pyridine rings is 1. The van der Waals surface area contributed by atoms with Crippen LogP contribution in [0.3, 0.4) is 0 Å². The molecular weight excluding hydrogens is 304 g/mol. The van der Waals surface area contributed by atoms with Gasteiger partial charge < -0.3 is 5.43 Å². The number of aromatic nitrogens is 1. The van der Waals surface area contributed by atoms with Gasteiger partial charge in [0.2, 0.25) is 10.0 Å². The highest BCUT2D eigenvalue weighted by molar-refractivity contribution is 7.92. The highest BCUT2D eigenvalue weighted by Crippen LogP contribution is 2.20. The van der Waals surface area contributed by atoms with Gasteiger partial charge in [0.05, 0.1) is 10.4 Å². The summed E-state index contributed by atoms with van der Waals surface area (Å²) in [4.78, 5) is 3.57. The number of nitrogens with one attached hydrogen (secondary N) is 2. The lowest BCUT2D eigenvalue weighted by atomic mass is 10.2. The van der Waals surface area contributed by atoms with Crippen LogP contribution >= 0.6 is 0 Å². The van der Waals surface area contributed by atoms with Crippen LogP contribution in [-0.4, -0.2) is 39.4 Å². The second-order valence-corrected chi connectivity index (χ2v) is 9.26. The lowest BCUT2D eigenvalue weighted by Gasteiger charge is -2.22. The Kier molecular flexibility index (Phi) is 4.74. The quantitative estimate of drug-likeness (QED) is 0.474. The molecule has 114 valence electrons. The summed E-state index contributed by atoms with van der Waals surface area (Å²) in [6.45, 7) is 2.62. The molecule has 0 bridgehead atoms. The second-order valence-electron chi connectivity index (χ2n) is 4.87. The van der Waals surface area contributed by atoms with Crippen molar-refractivity contribution in [1.82, 2.24) is 9.71 Å². The number of sulfone groups is 1. The van der Waals surface area contributed by atoms with E-state index in [0.717, 1.165) is 12.5 Å². The van der Waals surface area contributed by atoms with Gasteiger partial charge in [-0.3, -0.25) is 10.8 Å². The molecule has 1 rings (SSSR count). The van der Waals surface area contributed by atoms with E-state index in [1.165, 1.54) is 26.1 Å². The van der Waals surface area contributed by atoms with Crippen molar-refractivity contribution in [3.05, 3.63) is 18.5 Å². The Labute approximate surface area is 118 Å². The Morgan fingerprint density at radius 2 is 1.90 bits per heavy atom. The number of nitrogens with two attached hydrogens (primary N) is 1. The molecule has 0 aliphatic heterocycles. The number of hydrogen-bond acceptors (Lipinski definition) is 7. The number of sulfonamides is 1. The minimum absolute atomic E-state index is 0.146. The zero-order chi connectivity index (χ0) is 15.6. The first-order valence-corrected chi connectivity index (χ1v) is 8.98. The molecule has 0 amide bonds. The van der Waals surface area contributed by atoms with Crippen molar-refractivity contribution < 1.29 is 16.8 Å². The third-order valence-corrected chi connectivity index (χ3v) is 6.50. The van der Waals surface area contributed by atoms with Crippen LogP contribution in [-0.2, 0) is 19.9 Å². The van der Waals surface area contributed by atoms with Gasteiger partial charge in [-0.05, 0) is 19.9 Å². The van der Waals surface area contributed by atoms with E-state index < -0.39 is 24.6 Å². The predicted octanol–water partition coefficient (Wildman–Crippen LogP) is -0.531. The van der Waals surface area contributed by atoms with E-state index >= 15 is 0 Å². The van der Waals surface area contributed by atoms with Crippen molar-refractivity contribution in [1.29, 1.82) is 0 Å². The molecule has 0 saturated heterocycles. The van der Waals surface area contributed by atoms with Crippen LogP contribution in [0.2, 0.25) is 0 Å². The molecule has 1 aromatic rings. The molecule has 1 aromatic heterocycles. The monoisotopic (exact) mass is 322 g/mol. The highest BCUT2D eigenvalue weighted by atomic mass is 32.2. The Hall–Kier alpha value is -1.23. The van der Waals surface area contributed by atoms with E-state index in [4.69, 9.17) is 5.84 Å². The first-order chi connectivity index (χ1) is 9.01. The number of hydrogen-bond donors (Lipinski definition) is 3. The summed E-state index contributed by atoms with van der Waals surface area (Å²) in [6.07, 6.45) is 3.57. The zero-order valence-corrected chi connectivity index (χ0v) is 13.0. The van der Waals surface area contributed by atoms with Crippen LogP contribution < -0.4 is 16.0 Å². The predicted molar refractivity (Wildman–Crippen MR) is 76.2 cm³/mol. The molecule has 0 aliphatic carbocycles. The molecule has 0 fully saturated rings. The summed E-state index contributed by atoms with van der Waals surface area (Å²) in [7, 11) is -7.32. The van der Waals surface area contributed by atoms with Gasteiger partial charge >= 0.3 is 0 Å². The van der Waals surface area contributed by atoms with Gasteiger partial charge in [-0.1, -0.05) is 0 Å². The molecule has 0 aromatic carbocycles. The molecule has 0 spiro atoms. The highest BCUT2D eigenvalue weighted by Gasteiger charge is 2.32. The Morgan fingerprint density at radius 3 is 2.40 bits per heavy atom. The smallest absolute Gasteiger partial charge is 0.244 e. The number of rotatable bonds is 6. The van der Waals surface area contributed by atoms with Gasteiger partial charge in [-0.15, -0.1) is 0 Å². The van der Waals surface area contributed by atoms with Crippen molar-refractivity contribution in [3.63, 3.8) is 0 Å². The third-order valence-electron chi connectivity index (χ3n) is 2.92. The SMILES string of the molecule is CC(C)(CNS(=O)(=O)c1cnccc1NN)S(C)(=O)=O. The average Bonchev–Trinajstić information content (AvgIpc) is 2.35. The van der Waals surface area contributed by atoms with Crippen molar-refractivity contribution in [2.45, 2.75) is 23.5 Å². The Balaban J connectivity index is 3.03. The van der Waals surface area contributed by atoms with Crippen LogP contribution in [0, 0.1) is 0 Å². The van der Waals surface area contributed by atoms with E-state index in [2.05, 4.69) is 15.1 Å². The molecule has 0 saturated carbocycles. The first-order valence-electron chi connectivity index (χ1n) is 5.61. The number of hydrazine groups is 1. The van der Waals surface area contributed by atoms with Gasteiger partial charge in [0.15, 0.2) is 9.84 Å². The molecule has 4 N–H and O–H groups in total. The summed E-state index contributed by atoms with van der Waals surface area (Å²) >= 11 is 0. The van der Waals surface area contributed by atoms with Crippen molar-refractivity contribution in [2.24, 2.45) is 5.84 Å². The largest absolute Gasteiger partial charge is 0.323 e. The summed E-state index contributed by atoms with van der Waals surface area (Å²) in [5.74, 6) is 5.23. The normalized spacial score (nSPS) is 13.2. The van der Waals surface area contributed by atoms with Crippen LogP contribution in [0.4, 0.5) is 5.69 Å². The van der Waals surface area contributed by atoms with Crippen LogP contribution in [0.25, 0.3) is 0 Å².